The average Bonchev–Trinajstić information content (AvgIpc) is 3.10. The summed E-state index contributed by atoms with van der Waals surface area (Å²) in [5, 5.41) is 4.54. The van der Waals surface area contributed by atoms with E-state index in [1.807, 2.05) is 49.8 Å². The molecule has 0 aliphatic heterocycles. The van der Waals surface area contributed by atoms with Crippen LogP contribution in [-0.2, 0) is 4.79 Å². The van der Waals surface area contributed by atoms with E-state index in [9.17, 15) is 4.79 Å². The maximum absolute atomic E-state index is 13.1. The van der Waals surface area contributed by atoms with Gasteiger partial charge in [0.15, 0.2) is 5.16 Å². The van der Waals surface area contributed by atoms with Gasteiger partial charge in [0.25, 0.3) is 0 Å². The Bertz CT molecular complexity index is 915. The predicted molar refractivity (Wildman–Crippen MR) is 122 cm³/mol. The Kier molecular flexibility index (Phi) is 7.31. The fourth-order valence-electron chi connectivity index (χ4n) is 2.87. The number of nitrogens with one attached hydrogen (secondary N) is 2. The van der Waals surface area contributed by atoms with E-state index in [1.54, 1.807) is 23.5 Å². The maximum atomic E-state index is 13.1. The lowest BCUT2D eigenvalue weighted by atomic mass is 10.2. The maximum Gasteiger partial charge on any atom is 0.238 e. The molecule has 3 rings (SSSR count). The van der Waals surface area contributed by atoms with Gasteiger partial charge in [0.05, 0.1) is 22.0 Å². The number of thioether (sulfide) groups is 3. The van der Waals surface area contributed by atoms with Gasteiger partial charge in [-0.15, -0.1) is 23.5 Å². The van der Waals surface area contributed by atoms with Crippen LogP contribution in [0.15, 0.2) is 45.4 Å². The number of imidazole rings is 1. The van der Waals surface area contributed by atoms with Crippen molar-refractivity contribution in [2.75, 3.05) is 17.8 Å². The standard InChI is InChI=1S/C20H24N4OS3/c1-5-8-15(28-20-22-13-9-6-7-10-14(13)23-20)18(25)24-17-16(26-3)11-12(2)21-19(17)27-4/h6-7,9-11,15H,5,8H2,1-4H3,(H,22,23)(H,24,25). The quantitative estimate of drug-likeness (QED) is 0.451. The fourth-order valence-corrected chi connectivity index (χ4v) is 5.28. The molecule has 8 heteroatoms. The number of carbonyl (C=O) groups excluding carboxylic acids is 1. The van der Waals surface area contributed by atoms with E-state index in [2.05, 4.69) is 27.2 Å². The Hall–Kier alpha value is -1.64. The molecule has 0 radical (unpaired) electrons. The highest BCUT2D eigenvalue weighted by Crippen LogP contribution is 2.35. The molecule has 2 aromatic heterocycles. The highest BCUT2D eigenvalue weighted by Gasteiger charge is 2.23. The number of amides is 1. The topological polar surface area (TPSA) is 70.7 Å². The van der Waals surface area contributed by atoms with Crippen LogP contribution in [0.5, 0.6) is 0 Å². The van der Waals surface area contributed by atoms with Crippen molar-refractivity contribution in [3.8, 4) is 0 Å². The van der Waals surface area contributed by atoms with Gasteiger partial charge in [-0.2, -0.15) is 0 Å². The summed E-state index contributed by atoms with van der Waals surface area (Å²) in [6, 6.07) is 9.92. The third-order valence-corrected chi connectivity index (χ3v) is 6.80. The molecule has 0 fully saturated rings. The zero-order valence-electron chi connectivity index (χ0n) is 16.4. The second-order valence-corrected chi connectivity index (χ2v) is 9.13. The lowest BCUT2D eigenvalue weighted by Crippen LogP contribution is -2.26. The van der Waals surface area contributed by atoms with Crippen molar-refractivity contribution in [3.05, 3.63) is 36.0 Å². The van der Waals surface area contributed by atoms with Crippen LogP contribution in [0.2, 0.25) is 0 Å². The van der Waals surface area contributed by atoms with Crippen LogP contribution in [0.3, 0.4) is 0 Å². The van der Waals surface area contributed by atoms with E-state index in [1.165, 1.54) is 11.8 Å². The summed E-state index contributed by atoms with van der Waals surface area (Å²) in [6.45, 7) is 4.07. The summed E-state index contributed by atoms with van der Waals surface area (Å²) in [6.07, 6.45) is 5.69. The molecular weight excluding hydrogens is 408 g/mol. The normalized spacial score (nSPS) is 12.3. The van der Waals surface area contributed by atoms with Gasteiger partial charge in [-0.1, -0.05) is 37.2 Å². The van der Waals surface area contributed by atoms with Crippen LogP contribution in [0.25, 0.3) is 11.0 Å². The van der Waals surface area contributed by atoms with E-state index < -0.39 is 0 Å². The number of H-pyrrole nitrogens is 1. The number of hydrogen-bond donors (Lipinski definition) is 2. The van der Waals surface area contributed by atoms with Crippen molar-refractivity contribution in [1.29, 1.82) is 0 Å². The first-order valence-corrected chi connectivity index (χ1v) is 12.4. The van der Waals surface area contributed by atoms with E-state index in [-0.39, 0.29) is 11.2 Å². The van der Waals surface area contributed by atoms with Crippen molar-refractivity contribution in [1.82, 2.24) is 15.0 Å². The first-order valence-electron chi connectivity index (χ1n) is 9.07. The Morgan fingerprint density at radius 2 is 2.00 bits per heavy atom. The van der Waals surface area contributed by atoms with Crippen LogP contribution in [0.1, 0.15) is 25.5 Å². The summed E-state index contributed by atoms with van der Waals surface area (Å²) < 4.78 is 0. The van der Waals surface area contributed by atoms with Gasteiger partial charge in [-0.25, -0.2) is 9.97 Å². The molecule has 2 heterocycles. The lowest BCUT2D eigenvalue weighted by molar-refractivity contribution is -0.115. The molecule has 5 nitrogen and oxygen atoms in total. The number of aryl methyl sites for hydroxylation is 1. The third-order valence-electron chi connectivity index (χ3n) is 4.20. The van der Waals surface area contributed by atoms with Crippen molar-refractivity contribution in [3.63, 3.8) is 0 Å². The Balaban J connectivity index is 1.83. The number of para-hydroxylation sites is 2. The second kappa shape index (κ2) is 9.71. The minimum Gasteiger partial charge on any atom is -0.333 e. The number of pyridine rings is 1. The molecular formula is C20H24N4OS3. The number of nitrogens with zero attached hydrogens (tertiary/aromatic N) is 2. The summed E-state index contributed by atoms with van der Waals surface area (Å²) in [5.41, 5.74) is 3.66. The van der Waals surface area contributed by atoms with Crippen LogP contribution in [0.4, 0.5) is 5.69 Å². The molecule has 2 N–H and O–H groups in total. The molecule has 0 saturated heterocycles. The largest absolute Gasteiger partial charge is 0.333 e. The first kappa shape index (κ1) is 21.1. The van der Waals surface area contributed by atoms with E-state index in [0.717, 1.165) is 50.3 Å². The Morgan fingerprint density at radius 3 is 2.68 bits per heavy atom. The number of carbonyl (C=O) groups is 1. The highest BCUT2D eigenvalue weighted by atomic mass is 32.2. The number of fused-ring (bicyclic) bond motifs is 1. The van der Waals surface area contributed by atoms with Gasteiger partial charge in [0.1, 0.15) is 5.03 Å². The molecule has 0 aliphatic carbocycles. The molecule has 1 unspecified atom stereocenters. The van der Waals surface area contributed by atoms with Crippen molar-refractivity contribution in [2.45, 2.75) is 47.0 Å². The van der Waals surface area contributed by atoms with Gasteiger partial charge in [0.2, 0.25) is 5.91 Å². The number of aromatic nitrogens is 3. The predicted octanol–water partition coefficient (Wildman–Crippen LogP) is 5.61. The van der Waals surface area contributed by atoms with Gasteiger partial charge in [-0.05, 0) is 44.1 Å². The zero-order valence-corrected chi connectivity index (χ0v) is 18.9. The SMILES string of the molecule is CCCC(Sc1nc2ccccc2[nH]1)C(=O)Nc1c(SC)cc(C)nc1SC. The van der Waals surface area contributed by atoms with Gasteiger partial charge in [-0.3, -0.25) is 4.79 Å². The summed E-state index contributed by atoms with van der Waals surface area (Å²) >= 11 is 4.65. The minimum atomic E-state index is -0.226. The molecule has 1 amide bonds. The molecule has 148 valence electrons. The Morgan fingerprint density at radius 1 is 1.21 bits per heavy atom. The van der Waals surface area contributed by atoms with Gasteiger partial charge in [0, 0.05) is 10.6 Å². The molecule has 1 aromatic carbocycles. The smallest absolute Gasteiger partial charge is 0.238 e. The number of benzene rings is 1. The number of hydrogen-bond acceptors (Lipinski definition) is 6. The molecule has 0 bridgehead atoms. The first-order chi connectivity index (χ1) is 13.5. The Labute approximate surface area is 178 Å². The molecule has 0 spiro atoms. The molecule has 1 atom stereocenters. The summed E-state index contributed by atoms with van der Waals surface area (Å²) in [5.74, 6) is -0.0106. The van der Waals surface area contributed by atoms with Crippen LogP contribution >= 0.6 is 35.3 Å². The average molecular weight is 433 g/mol. The van der Waals surface area contributed by atoms with Crippen LogP contribution in [-0.4, -0.2) is 38.6 Å². The zero-order chi connectivity index (χ0) is 20.1. The monoisotopic (exact) mass is 432 g/mol. The molecule has 0 aliphatic rings. The van der Waals surface area contributed by atoms with Gasteiger partial charge >= 0.3 is 0 Å². The summed E-state index contributed by atoms with van der Waals surface area (Å²) in [4.78, 5) is 26.7. The van der Waals surface area contributed by atoms with Crippen molar-refractivity contribution >= 4 is 57.9 Å². The van der Waals surface area contributed by atoms with E-state index in [4.69, 9.17) is 0 Å². The van der Waals surface area contributed by atoms with E-state index in [0.29, 0.717) is 0 Å². The molecule has 28 heavy (non-hydrogen) atoms. The second-order valence-electron chi connectivity index (χ2n) is 6.29. The lowest BCUT2D eigenvalue weighted by Gasteiger charge is -2.18. The third kappa shape index (κ3) is 4.85. The van der Waals surface area contributed by atoms with E-state index >= 15 is 0 Å². The number of anilines is 1. The minimum absolute atomic E-state index is 0.0106. The molecule has 3 aromatic rings. The van der Waals surface area contributed by atoms with Crippen LogP contribution in [0, 0.1) is 6.92 Å². The van der Waals surface area contributed by atoms with Gasteiger partial charge < -0.3 is 10.3 Å². The number of aromatic amines is 1. The number of rotatable bonds is 8. The molecule has 0 saturated carbocycles. The van der Waals surface area contributed by atoms with Crippen molar-refractivity contribution in [2.24, 2.45) is 0 Å². The van der Waals surface area contributed by atoms with Crippen molar-refractivity contribution < 1.29 is 4.79 Å². The van der Waals surface area contributed by atoms with Crippen LogP contribution < -0.4 is 5.32 Å². The highest BCUT2D eigenvalue weighted by molar-refractivity contribution is 8.00. The fraction of sp³-hybridized carbons (Fsp3) is 0.350. The summed E-state index contributed by atoms with van der Waals surface area (Å²) in [7, 11) is 0.